The van der Waals surface area contributed by atoms with E-state index in [2.05, 4.69) is 126 Å². The molecule has 1 nitrogen and oxygen atoms in total. The van der Waals surface area contributed by atoms with Gasteiger partial charge in [-0.1, -0.05) is 121 Å². The summed E-state index contributed by atoms with van der Waals surface area (Å²) in [4.78, 5) is 0. The van der Waals surface area contributed by atoms with Gasteiger partial charge in [-0.2, -0.15) is 21.9 Å². The topological polar surface area (TPSA) is 13.1 Å². The van der Waals surface area contributed by atoms with Gasteiger partial charge in [0.15, 0.2) is 0 Å². The Morgan fingerprint density at radius 3 is 0.690 bits per heavy atom. The molecule has 2 aliphatic rings. The summed E-state index contributed by atoms with van der Waals surface area (Å²) < 4.78 is 4.58. The van der Waals surface area contributed by atoms with Crippen LogP contribution in [-0.2, 0) is 26.2 Å². The average molecular weight is 624 g/mol. The van der Waals surface area contributed by atoms with E-state index in [4.69, 9.17) is 0 Å². The summed E-state index contributed by atoms with van der Waals surface area (Å²) in [6.07, 6.45) is 22.0. The Hall–Kier alpha value is -2.89. The number of rotatable bonds is 4. The summed E-state index contributed by atoms with van der Waals surface area (Å²) in [5.41, 5.74) is 5.36. The molecule has 0 amide bonds. The Labute approximate surface area is 274 Å². The van der Waals surface area contributed by atoms with Crippen LogP contribution in [0.2, 0.25) is 0 Å². The van der Waals surface area contributed by atoms with E-state index in [0.29, 0.717) is 0 Å². The van der Waals surface area contributed by atoms with Gasteiger partial charge in [0.05, 0.1) is 12.5 Å². The molecule has 10 radical (unpaired) electrons. The third-order valence-corrected chi connectivity index (χ3v) is 6.73. The van der Waals surface area contributed by atoms with E-state index in [0.717, 1.165) is 0 Å². The van der Waals surface area contributed by atoms with Crippen LogP contribution >= 0.6 is 0 Å². The van der Waals surface area contributed by atoms with E-state index in [9.17, 15) is 0 Å². The van der Waals surface area contributed by atoms with Gasteiger partial charge < -0.3 is 11.8 Å². The van der Waals surface area contributed by atoms with Crippen molar-refractivity contribution in [3.05, 3.63) is 218 Å². The monoisotopic (exact) mass is 622 g/mol. The van der Waals surface area contributed by atoms with E-state index < -0.39 is 6.15 Å². The summed E-state index contributed by atoms with van der Waals surface area (Å²) in [5, 5.41) is 0. The van der Waals surface area contributed by atoms with Crippen LogP contribution in [0.4, 0.5) is 0 Å². The summed E-state index contributed by atoms with van der Waals surface area (Å²) in [7, 11) is 0. The van der Waals surface area contributed by atoms with Gasteiger partial charge in [-0.15, -0.1) is 0 Å². The van der Waals surface area contributed by atoms with E-state index in [-0.39, 0.29) is 33.6 Å². The number of hydrogen-bond donors (Lipinski definition) is 0. The van der Waals surface area contributed by atoms with E-state index in [1.165, 1.54) is 21.9 Å². The molecule has 5 aromatic rings. The maximum absolute atomic E-state index is 4.58. The molecule has 0 bridgehead atoms. The fourth-order valence-electron chi connectivity index (χ4n) is 4.99. The van der Waals surface area contributed by atoms with Crippen molar-refractivity contribution in [2.24, 2.45) is 0 Å². The van der Waals surface area contributed by atoms with Crippen molar-refractivity contribution in [2.75, 3.05) is 0 Å². The van der Waals surface area contributed by atoms with Crippen LogP contribution < -0.4 is 21.9 Å². The van der Waals surface area contributed by atoms with Gasteiger partial charge in [-0.3, -0.25) is 0 Å². The van der Waals surface area contributed by atoms with E-state index in [1.807, 2.05) is 76.3 Å². The van der Waals surface area contributed by atoms with Crippen LogP contribution in [0, 0.1) is 71.6 Å². The molecule has 0 saturated heterocycles. The molecular weight excluding hydrogens is 586 g/mol. The first kappa shape index (κ1) is 35.3. The number of benzene rings is 4. The normalized spacial score (nSPS) is 13.3. The predicted molar refractivity (Wildman–Crippen MR) is 178 cm³/mol. The average Bonchev–Trinajstić information content (AvgIpc) is 3.88. The fraction of sp³-hybridized carbons (Fsp3) is 0. The van der Waals surface area contributed by atoms with Crippen molar-refractivity contribution >= 4 is 28.0 Å². The molecule has 0 spiro atoms. The van der Waals surface area contributed by atoms with Gasteiger partial charge >= 0.3 is 26.2 Å². The van der Waals surface area contributed by atoms with Crippen LogP contribution in [-0.4, -0.2) is 6.15 Å². The standard InChI is InChI=1S/C24H20B.2C5H5.C4H4O.CH3.Zr/c1-5-13-21(14-6-1)25(22-15-7-2-8-16-22,23-17-9-3-10-18-23)24-19-11-4-12-20-24;3*1-2-4-5-3-1;;/h1-20H;2*1-5H;1-4H;1H3;/q-1;;;;-1;+2. The second-order valence-electron chi connectivity index (χ2n) is 9.23. The van der Waals surface area contributed by atoms with Gasteiger partial charge in [0, 0.05) is 0 Å². The summed E-state index contributed by atoms with van der Waals surface area (Å²) in [5.74, 6) is 0. The van der Waals surface area contributed by atoms with Gasteiger partial charge in [0.25, 0.3) is 0 Å². The Morgan fingerprint density at radius 1 is 0.310 bits per heavy atom. The second-order valence-corrected chi connectivity index (χ2v) is 9.23. The van der Waals surface area contributed by atoms with Crippen molar-refractivity contribution in [2.45, 2.75) is 0 Å². The summed E-state index contributed by atoms with van der Waals surface area (Å²) >= 11 is 0. The zero-order valence-corrected chi connectivity index (χ0v) is 26.6. The van der Waals surface area contributed by atoms with Crippen molar-refractivity contribution in [3.63, 3.8) is 0 Å². The molecule has 0 N–H and O–H groups in total. The Kier molecular flexibility index (Phi) is 17.6. The van der Waals surface area contributed by atoms with E-state index >= 15 is 0 Å². The minimum Gasteiger partial charge on any atom is -0.473 e. The largest absolute Gasteiger partial charge is 2.00 e. The summed E-state index contributed by atoms with van der Waals surface area (Å²) in [6, 6.07) is 47.2. The second kappa shape index (κ2) is 20.9. The van der Waals surface area contributed by atoms with Crippen molar-refractivity contribution in [1.82, 2.24) is 0 Å². The maximum Gasteiger partial charge on any atom is 2.00 e. The molecule has 0 unspecified atom stereocenters. The molecule has 2 aliphatic carbocycles. The zero-order valence-electron chi connectivity index (χ0n) is 24.1. The van der Waals surface area contributed by atoms with Crippen LogP contribution in [0.5, 0.6) is 0 Å². The maximum atomic E-state index is 4.58. The molecule has 3 heteroatoms. The van der Waals surface area contributed by atoms with E-state index in [1.54, 1.807) is 12.5 Å². The molecule has 7 rings (SSSR count). The Morgan fingerprint density at radius 2 is 0.524 bits per heavy atom. The first-order valence-corrected chi connectivity index (χ1v) is 13.6. The van der Waals surface area contributed by atoms with Gasteiger partial charge in [0.2, 0.25) is 0 Å². The molecule has 2 fully saturated rings. The molecule has 4 aromatic carbocycles. The fourth-order valence-corrected chi connectivity index (χ4v) is 4.99. The SMILES string of the molecule is [CH3-].[CH]1[CH][CH][CH][CH]1.[CH]1[CH][CH][CH][CH]1.[Zr+2].c1ccc([B-](c2ccccc2)(c2ccccc2)c2ccccc2)cc1.c1ccoc1. The minimum absolute atomic E-state index is 0. The Bertz CT molecular complexity index is 1060. The quantitative estimate of drug-likeness (QED) is 0.158. The molecule has 0 aliphatic heterocycles. The van der Waals surface area contributed by atoms with Gasteiger partial charge in [0.1, 0.15) is 6.15 Å². The zero-order chi connectivity index (χ0) is 27.6. The van der Waals surface area contributed by atoms with Crippen LogP contribution in [0.3, 0.4) is 0 Å². The molecule has 42 heavy (non-hydrogen) atoms. The minimum atomic E-state index is -1.22. The smallest absolute Gasteiger partial charge is 0.473 e. The first-order chi connectivity index (χ1) is 19.9. The van der Waals surface area contributed by atoms with Crippen molar-refractivity contribution in [3.8, 4) is 0 Å². The molecule has 2 saturated carbocycles. The predicted octanol–water partition coefficient (Wildman–Crippen LogP) is 6.83. The molecule has 1 heterocycles. The van der Waals surface area contributed by atoms with Crippen molar-refractivity contribution in [1.29, 1.82) is 0 Å². The number of hydrogen-bond acceptors (Lipinski definition) is 1. The molecule has 206 valence electrons. The summed E-state index contributed by atoms with van der Waals surface area (Å²) in [6.45, 7) is 0. The number of furan rings is 1. The van der Waals surface area contributed by atoms with Gasteiger partial charge in [-0.05, 0) is 76.3 Å². The molecular formula is C39H37BOZr. The molecule has 1 aromatic heterocycles. The van der Waals surface area contributed by atoms with Crippen LogP contribution in [0.15, 0.2) is 150 Å². The van der Waals surface area contributed by atoms with Gasteiger partial charge in [-0.25, -0.2) is 0 Å². The first-order valence-electron chi connectivity index (χ1n) is 13.6. The van der Waals surface area contributed by atoms with Crippen molar-refractivity contribution < 1.29 is 30.6 Å². The third-order valence-electron chi connectivity index (χ3n) is 6.73. The van der Waals surface area contributed by atoms with Crippen LogP contribution in [0.1, 0.15) is 0 Å². The van der Waals surface area contributed by atoms with Crippen LogP contribution in [0.25, 0.3) is 0 Å². The molecule has 0 atom stereocenters. The Balaban J connectivity index is 0.000000294. The third kappa shape index (κ3) is 10.4.